The van der Waals surface area contributed by atoms with E-state index in [-0.39, 0.29) is 6.61 Å². The molecular formula is C14H12BrClO2. The summed E-state index contributed by atoms with van der Waals surface area (Å²) in [4.78, 5) is 0. The lowest BCUT2D eigenvalue weighted by Gasteiger charge is -2.12. The molecule has 94 valence electrons. The molecule has 0 heterocycles. The van der Waals surface area contributed by atoms with Gasteiger partial charge in [0.1, 0.15) is 11.5 Å². The second-order valence-electron chi connectivity index (χ2n) is 3.95. The molecule has 4 heteroatoms. The number of aliphatic hydroxyl groups is 1. The van der Waals surface area contributed by atoms with E-state index in [0.717, 1.165) is 15.6 Å². The standard InChI is InChI=1S/C14H12BrClO2/c1-9-2-5-12(16)14(6-9)18-13-7-11(15)4-3-10(13)8-17/h2-7,17H,8H2,1H3. The molecule has 2 aromatic rings. The van der Waals surface area contributed by atoms with Crippen LogP contribution in [0.2, 0.25) is 5.02 Å². The first kappa shape index (κ1) is 13.4. The lowest BCUT2D eigenvalue weighted by atomic mass is 10.2. The summed E-state index contributed by atoms with van der Waals surface area (Å²) in [6, 6.07) is 11.1. The second kappa shape index (κ2) is 5.74. The Morgan fingerprint density at radius 1 is 1.17 bits per heavy atom. The highest BCUT2D eigenvalue weighted by Gasteiger charge is 2.08. The van der Waals surface area contributed by atoms with Crippen molar-refractivity contribution in [2.75, 3.05) is 0 Å². The van der Waals surface area contributed by atoms with Gasteiger partial charge in [0.25, 0.3) is 0 Å². The largest absolute Gasteiger partial charge is 0.455 e. The zero-order valence-corrected chi connectivity index (χ0v) is 12.1. The van der Waals surface area contributed by atoms with E-state index in [9.17, 15) is 5.11 Å². The predicted molar refractivity (Wildman–Crippen MR) is 76.3 cm³/mol. The van der Waals surface area contributed by atoms with Gasteiger partial charge in [0.15, 0.2) is 0 Å². The molecule has 0 unspecified atom stereocenters. The van der Waals surface area contributed by atoms with Gasteiger partial charge in [-0.3, -0.25) is 0 Å². The number of benzene rings is 2. The van der Waals surface area contributed by atoms with Gasteiger partial charge in [0, 0.05) is 10.0 Å². The number of aliphatic hydroxyl groups excluding tert-OH is 1. The maximum absolute atomic E-state index is 9.28. The van der Waals surface area contributed by atoms with E-state index in [1.807, 2.05) is 37.3 Å². The summed E-state index contributed by atoms with van der Waals surface area (Å²) in [6.07, 6.45) is 0. The molecule has 0 saturated carbocycles. The highest BCUT2D eigenvalue weighted by molar-refractivity contribution is 9.10. The van der Waals surface area contributed by atoms with Crippen LogP contribution in [0.15, 0.2) is 40.9 Å². The Balaban J connectivity index is 2.38. The third-order valence-electron chi connectivity index (χ3n) is 2.51. The summed E-state index contributed by atoms with van der Waals surface area (Å²) < 4.78 is 6.66. The molecule has 0 bridgehead atoms. The fraction of sp³-hybridized carbons (Fsp3) is 0.143. The van der Waals surface area contributed by atoms with Gasteiger partial charge < -0.3 is 9.84 Å². The van der Waals surface area contributed by atoms with Gasteiger partial charge in [-0.05, 0) is 36.8 Å². The molecule has 0 aliphatic carbocycles. The average Bonchev–Trinajstić information content (AvgIpc) is 2.34. The van der Waals surface area contributed by atoms with Crippen LogP contribution in [-0.2, 0) is 6.61 Å². The topological polar surface area (TPSA) is 29.5 Å². The van der Waals surface area contributed by atoms with Crippen molar-refractivity contribution in [1.82, 2.24) is 0 Å². The van der Waals surface area contributed by atoms with Crippen LogP contribution in [0.5, 0.6) is 11.5 Å². The lowest BCUT2D eigenvalue weighted by Crippen LogP contribution is -1.92. The van der Waals surface area contributed by atoms with E-state index in [1.54, 1.807) is 6.07 Å². The van der Waals surface area contributed by atoms with Crippen molar-refractivity contribution >= 4 is 27.5 Å². The van der Waals surface area contributed by atoms with Crippen LogP contribution in [0, 0.1) is 6.92 Å². The monoisotopic (exact) mass is 326 g/mol. The molecule has 2 aromatic carbocycles. The summed E-state index contributed by atoms with van der Waals surface area (Å²) in [5.74, 6) is 1.18. The van der Waals surface area contributed by atoms with Crippen LogP contribution in [0.3, 0.4) is 0 Å². The molecule has 0 aliphatic heterocycles. The maximum atomic E-state index is 9.28. The van der Waals surface area contributed by atoms with Crippen molar-refractivity contribution in [2.24, 2.45) is 0 Å². The van der Waals surface area contributed by atoms with Crippen LogP contribution in [-0.4, -0.2) is 5.11 Å². The fourth-order valence-corrected chi connectivity index (χ4v) is 2.06. The van der Waals surface area contributed by atoms with Crippen molar-refractivity contribution in [3.05, 3.63) is 57.0 Å². The minimum atomic E-state index is -0.0773. The first-order valence-corrected chi connectivity index (χ1v) is 6.60. The molecule has 0 saturated heterocycles. The number of aryl methyl sites for hydroxylation is 1. The molecule has 0 spiro atoms. The van der Waals surface area contributed by atoms with Crippen LogP contribution in [0.25, 0.3) is 0 Å². The van der Waals surface area contributed by atoms with Gasteiger partial charge in [-0.25, -0.2) is 0 Å². The Morgan fingerprint density at radius 2 is 1.94 bits per heavy atom. The van der Waals surface area contributed by atoms with Crippen molar-refractivity contribution in [1.29, 1.82) is 0 Å². The van der Waals surface area contributed by atoms with E-state index < -0.39 is 0 Å². The Labute approximate surface area is 119 Å². The summed E-state index contributed by atoms with van der Waals surface area (Å²) in [7, 11) is 0. The summed E-state index contributed by atoms with van der Waals surface area (Å²) in [6.45, 7) is 1.89. The lowest BCUT2D eigenvalue weighted by molar-refractivity contribution is 0.276. The molecule has 18 heavy (non-hydrogen) atoms. The number of ether oxygens (including phenoxy) is 1. The van der Waals surface area contributed by atoms with Gasteiger partial charge in [0.2, 0.25) is 0 Å². The molecule has 0 atom stereocenters. The van der Waals surface area contributed by atoms with Gasteiger partial charge in [-0.1, -0.05) is 39.7 Å². The Morgan fingerprint density at radius 3 is 2.67 bits per heavy atom. The molecule has 0 aliphatic rings. The normalized spacial score (nSPS) is 10.4. The molecule has 0 radical (unpaired) electrons. The Hall–Kier alpha value is -1.03. The minimum absolute atomic E-state index is 0.0773. The quantitative estimate of drug-likeness (QED) is 0.885. The predicted octanol–water partition coefficient (Wildman–Crippen LogP) is 4.70. The second-order valence-corrected chi connectivity index (χ2v) is 5.27. The minimum Gasteiger partial charge on any atom is -0.455 e. The molecule has 0 aromatic heterocycles. The maximum Gasteiger partial charge on any atom is 0.146 e. The molecule has 1 N–H and O–H groups in total. The van der Waals surface area contributed by atoms with Crippen LogP contribution < -0.4 is 4.74 Å². The summed E-state index contributed by atoms with van der Waals surface area (Å²) in [5, 5.41) is 9.83. The van der Waals surface area contributed by atoms with Gasteiger partial charge >= 0.3 is 0 Å². The summed E-state index contributed by atoms with van der Waals surface area (Å²) in [5.41, 5.74) is 1.78. The first-order chi connectivity index (χ1) is 8.60. The number of hydrogen-bond donors (Lipinski definition) is 1. The van der Waals surface area contributed by atoms with Crippen LogP contribution >= 0.6 is 27.5 Å². The zero-order chi connectivity index (χ0) is 13.1. The molecular weight excluding hydrogens is 316 g/mol. The van der Waals surface area contributed by atoms with E-state index >= 15 is 0 Å². The third kappa shape index (κ3) is 3.05. The van der Waals surface area contributed by atoms with Crippen molar-refractivity contribution < 1.29 is 9.84 Å². The van der Waals surface area contributed by atoms with Crippen molar-refractivity contribution in [3.63, 3.8) is 0 Å². The molecule has 2 rings (SSSR count). The van der Waals surface area contributed by atoms with E-state index in [0.29, 0.717) is 16.5 Å². The first-order valence-electron chi connectivity index (χ1n) is 5.43. The van der Waals surface area contributed by atoms with Crippen LogP contribution in [0.4, 0.5) is 0 Å². The van der Waals surface area contributed by atoms with E-state index in [2.05, 4.69) is 15.9 Å². The SMILES string of the molecule is Cc1ccc(Cl)c(Oc2cc(Br)ccc2CO)c1. The molecule has 0 fully saturated rings. The third-order valence-corrected chi connectivity index (χ3v) is 3.31. The van der Waals surface area contributed by atoms with Crippen molar-refractivity contribution in [2.45, 2.75) is 13.5 Å². The highest BCUT2D eigenvalue weighted by atomic mass is 79.9. The van der Waals surface area contributed by atoms with E-state index in [4.69, 9.17) is 16.3 Å². The van der Waals surface area contributed by atoms with Gasteiger partial charge in [-0.2, -0.15) is 0 Å². The number of rotatable bonds is 3. The molecule has 2 nitrogen and oxygen atoms in total. The smallest absolute Gasteiger partial charge is 0.146 e. The average molecular weight is 328 g/mol. The fourth-order valence-electron chi connectivity index (χ4n) is 1.56. The van der Waals surface area contributed by atoms with E-state index in [1.165, 1.54) is 0 Å². The number of halogens is 2. The van der Waals surface area contributed by atoms with Crippen LogP contribution in [0.1, 0.15) is 11.1 Å². The highest BCUT2D eigenvalue weighted by Crippen LogP contribution is 2.33. The zero-order valence-electron chi connectivity index (χ0n) is 9.78. The Kier molecular flexibility index (Phi) is 4.27. The van der Waals surface area contributed by atoms with Gasteiger partial charge in [0.05, 0.1) is 11.6 Å². The number of hydrogen-bond acceptors (Lipinski definition) is 2. The summed E-state index contributed by atoms with van der Waals surface area (Å²) >= 11 is 9.46. The van der Waals surface area contributed by atoms with Crippen molar-refractivity contribution in [3.8, 4) is 11.5 Å². The van der Waals surface area contributed by atoms with Gasteiger partial charge in [-0.15, -0.1) is 0 Å². The Bertz CT molecular complexity index is 570. The molecule has 0 amide bonds.